The standard InChI is InChI=1S/C14H20S2/c1-11(2)14-5-7-16(10-14)9-12(3)13-4-6-15-8-13/h4-8,10-12,16H,9H2,1-3H3. The molecule has 2 heterocycles. The Balaban J connectivity index is 1.95. The summed E-state index contributed by atoms with van der Waals surface area (Å²) in [7, 11) is 0.00103. The van der Waals surface area contributed by atoms with Crippen LogP contribution in [0.5, 0.6) is 0 Å². The van der Waals surface area contributed by atoms with Crippen LogP contribution in [0.1, 0.15) is 32.3 Å². The van der Waals surface area contributed by atoms with Crippen LogP contribution in [0, 0.1) is 5.92 Å². The summed E-state index contributed by atoms with van der Waals surface area (Å²) in [6.45, 7) is 6.90. The topological polar surface area (TPSA) is 0 Å². The molecule has 2 rings (SSSR count). The van der Waals surface area contributed by atoms with Gasteiger partial charge in [0.25, 0.3) is 0 Å². The maximum Gasteiger partial charge on any atom is -0.00582 e. The Morgan fingerprint density at radius 2 is 2.12 bits per heavy atom. The monoisotopic (exact) mass is 252 g/mol. The van der Waals surface area contributed by atoms with E-state index in [-0.39, 0.29) is 10.9 Å². The minimum atomic E-state index is 0.00103. The Hall–Kier alpha value is -0.470. The van der Waals surface area contributed by atoms with E-state index in [0.29, 0.717) is 11.8 Å². The van der Waals surface area contributed by atoms with Crippen LogP contribution in [0.3, 0.4) is 0 Å². The number of hydrogen-bond acceptors (Lipinski definition) is 1. The molecular formula is C14H20S2. The quantitative estimate of drug-likeness (QED) is 0.722. The third-order valence-electron chi connectivity index (χ3n) is 3.04. The zero-order chi connectivity index (χ0) is 11.5. The predicted molar refractivity (Wildman–Crippen MR) is 78.6 cm³/mol. The molecule has 1 aromatic heterocycles. The van der Waals surface area contributed by atoms with Gasteiger partial charge in [0.1, 0.15) is 0 Å². The number of allylic oxidation sites excluding steroid dienone is 2. The van der Waals surface area contributed by atoms with E-state index in [0.717, 1.165) is 0 Å². The van der Waals surface area contributed by atoms with Crippen molar-refractivity contribution in [2.45, 2.75) is 26.7 Å². The summed E-state index contributed by atoms with van der Waals surface area (Å²) in [4.78, 5) is 0. The van der Waals surface area contributed by atoms with Crippen LogP contribution in [0.4, 0.5) is 0 Å². The Labute approximate surface area is 105 Å². The van der Waals surface area contributed by atoms with Gasteiger partial charge in [-0.05, 0) is 56.4 Å². The Bertz CT molecular complexity index is 385. The van der Waals surface area contributed by atoms with Gasteiger partial charge in [-0.1, -0.05) is 26.8 Å². The van der Waals surface area contributed by atoms with Crippen LogP contribution >= 0.6 is 22.2 Å². The van der Waals surface area contributed by atoms with Crippen LogP contribution in [0.15, 0.2) is 39.3 Å². The summed E-state index contributed by atoms with van der Waals surface area (Å²) < 4.78 is 0. The highest BCUT2D eigenvalue weighted by Gasteiger charge is 2.13. The van der Waals surface area contributed by atoms with Crippen molar-refractivity contribution in [2.24, 2.45) is 5.92 Å². The van der Waals surface area contributed by atoms with Gasteiger partial charge < -0.3 is 0 Å². The van der Waals surface area contributed by atoms with Crippen molar-refractivity contribution in [1.82, 2.24) is 0 Å². The van der Waals surface area contributed by atoms with Gasteiger partial charge in [-0.15, -0.1) is 0 Å². The lowest BCUT2D eigenvalue weighted by Crippen LogP contribution is -1.96. The number of hydrogen-bond donors (Lipinski definition) is 1. The molecule has 0 N–H and O–H groups in total. The van der Waals surface area contributed by atoms with Crippen LogP contribution in [0.25, 0.3) is 0 Å². The number of thiophene rings is 1. The van der Waals surface area contributed by atoms with Gasteiger partial charge in [0, 0.05) is 0 Å². The van der Waals surface area contributed by atoms with E-state index < -0.39 is 0 Å². The smallest absolute Gasteiger partial charge is 0.00582 e. The van der Waals surface area contributed by atoms with Crippen molar-refractivity contribution in [3.8, 4) is 0 Å². The molecule has 2 unspecified atom stereocenters. The third-order valence-corrected chi connectivity index (χ3v) is 5.87. The maximum absolute atomic E-state index is 2.50. The average Bonchev–Trinajstić information content (AvgIpc) is 2.87. The molecule has 0 radical (unpaired) electrons. The second kappa shape index (κ2) is 5.24. The molecule has 0 saturated carbocycles. The highest BCUT2D eigenvalue weighted by molar-refractivity contribution is 8.22. The number of thiol groups is 1. The maximum atomic E-state index is 2.50. The van der Waals surface area contributed by atoms with Crippen molar-refractivity contribution in [3.63, 3.8) is 0 Å². The van der Waals surface area contributed by atoms with Gasteiger partial charge in [0.15, 0.2) is 0 Å². The molecule has 0 spiro atoms. The van der Waals surface area contributed by atoms with Crippen molar-refractivity contribution < 1.29 is 0 Å². The predicted octanol–water partition coefficient (Wildman–Crippen LogP) is 4.92. The molecule has 88 valence electrons. The number of rotatable bonds is 4. The first-order valence-corrected chi connectivity index (χ1v) is 8.45. The molecule has 0 amide bonds. The van der Waals surface area contributed by atoms with Gasteiger partial charge in [-0.3, -0.25) is 0 Å². The Morgan fingerprint density at radius 3 is 2.69 bits per heavy atom. The summed E-state index contributed by atoms with van der Waals surface area (Å²) in [5, 5.41) is 9.39. The van der Waals surface area contributed by atoms with E-state index >= 15 is 0 Å². The molecule has 0 aromatic carbocycles. The van der Waals surface area contributed by atoms with Crippen LogP contribution in [-0.2, 0) is 0 Å². The lowest BCUT2D eigenvalue weighted by Gasteiger charge is -2.16. The summed E-state index contributed by atoms with van der Waals surface area (Å²) in [6.07, 6.45) is 2.33. The van der Waals surface area contributed by atoms with E-state index in [2.05, 4.69) is 54.5 Å². The van der Waals surface area contributed by atoms with E-state index in [4.69, 9.17) is 0 Å². The Morgan fingerprint density at radius 1 is 1.31 bits per heavy atom. The molecule has 16 heavy (non-hydrogen) atoms. The highest BCUT2D eigenvalue weighted by Crippen LogP contribution is 2.41. The summed E-state index contributed by atoms with van der Waals surface area (Å²) in [6, 6.07) is 2.26. The van der Waals surface area contributed by atoms with Gasteiger partial charge >= 0.3 is 0 Å². The molecule has 2 atom stereocenters. The van der Waals surface area contributed by atoms with E-state index in [9.17, 15) is 0 Å². The minimum absolute atomic E-state index is 0.00103. The molecule has 0 nitrogen and oxygen atoms in total. The molecule has 0 saturated heterocycles. The lowest BCUT2D eigenvalue weighted by atomic mass is 10.1. The van der Waals surface area contributed by atoms with Crippen molar-refractivity contribution in [2.75, 3.05) is 5.75 Å². The zero-order valence-corrected chi connectivity index (χ0v) is 11.9. The first-order chi connectivity index (χ1) is 7.66. The highest BCUT2D eigenvalue weighted by atomic mass is 32.2. The molecule has 0 bridgehead atoms. The van der Waals surface area contributed by atoms with Crippen molar-refractivity contribution in [3.05, 3.63) is 44.9 Å². The lowest BCUT2D eigenvalue weighted by molar-refractivity contribution is 0.795. The first kappa shape index (κ1) is 12.0. The van der Waals surface area contributed by atoms with Gasteiger partial charge in [-0.25, -0.2) is 10.9 Å². The normalized spacial score (nSPS) is 23.8. The van der Waals surface area contributed by atoms with Crippen molar-refractivity contribution in [1.29, 1.82) is 0 Å². The average molecular weight is 252 g/mol. The second-order valence-corrected chi connectivity index (χ2v) is 7.48. The third kappa shape index (κ3) is 2.80. The first-order valence-electron chi connectivity index (χ1n) is 5.84. The fourth-order valence-electron chi connectivity index (χ4n) is 1.89. The second-order valence-electron chi connectivity index (χ2n) is 4.75. The summed E-state index contributed by atoms with van der Waals surface area (Å²) >= 11 is 1.81. The SMILES string of the molecule is CC(C)C1=C[SH](CC(C)c2ccsc2)C=C1. The van der Waals surface area contributed by atoms with Crippen LogP contribution in [-0.4, -0.2) is 5.75 Å². The fourth-order valence-corrected chi connectivity index (χ4v) is 4.96. The van der Waals surface area contributed by atoms with E-state index in [1.54, 1.807) is 11.3 Å². The minimum Gasteiger partial charge on any atom is -0.212 e. The van der Waals surface area contributed by atoms with Crippen LogP contribution in [0.2, 0.25) is 0 Å². The van der Waals surface area contributed by atoms with Gasteiger partial charge in [0.05, 0.1) is 0 Å². The molecule has 0 fully saturated rings. The van der Waals surface area contributed by atoms with Crippen molar-refractivity contribution >= 4 is 22.2 Å². The molecule has 1 aliphatic rings. The van der Waals surface area contributed by atoms with E-state index in [1.165, 1.54) is 16.9 Å². The molecular weight excluding hydrogens is 232 g/mol. The Kier molecular flexibility index (Phi) is 3.93. The molecule has 0 aliphatic carbocycles. The van der Waals surface area contributed by atoms with E-state index in [1.807, 2.05) is 0 Å². The molecule has 1 aliphatic heterocycles. The fraction of sp³-hybridized carbons (Fsp3) is 0.429. The molecule has 1 aromatic rings. The van der Waals surface area contributed by atoms with Gasteiger partial charge in [0.2, 0.25) is 0 Å². The van der Waals surface area contributed by atoms with Gasteiger partial charge in [-0.2, -0.15) is 11.3 Å². The summed E-state index contributed by atoms with van der Waals surface area (Å²) in [5.41, 5.74) is 3.04. The largest absolute Gasteiger partial charge is 0.212 e. The zero-order valence-electron chi connectivity index (χ0n) is 10.2. The molecule has 2 heteroatoms. The van der Waals surface area contributed by atoms with Crippen LogP contribution < -0.4 is 0 Å². The summed E-state index contributed by atoms with van der Waals surface area (Å²) in [5.74, 6) is 2.68.